The number of rotatable bonds is 4. The molecule has 1 aromatic heterocycles. The summed E-state index contributed by atoms with van der Waals surface area (Å²) in [5.74, 6) is 0.449. The van der Waals surface area contributed by atoms with Gasteiger partial charge in [-0.25, -0.2) is 4.79 Å². The molecule has 8 heteroatoms. The number of nitrogens with zero attached hydrogens (tertiary/aromatic N) is 3. The second-order valence-corrected chi connectivity index (χ2v) is 6.41. The van der Waals surface area contributed by atoms with Gasteiger partial charge < -0.3 is 19.5 Å². The Morgan fingerprint density at radius 3 is 2.85 bits per heavy atom. The van der Waals surface area contributed by atoms with Crippen molar-refractivity contribution >= 4 is 11.9 Å². The zero-order valence-electron chi connectivity index (χ0n) is 14.2. The van der Waals surface area contributed by atoms with Gasteiger partial charge in [0.1, 0.15) is 0 Å². The maximum absolute atomic E-state index is 12.6. The second kappa shape index (κ2) is 6.70. The Bertz CT molecular complexity index is 861. The van der Waals surface area contributed by atoms with E-state index in [0.717, 1.165) is 29.2 Å². The minimum Gasteiger partial charge on any atom is -0.476 e. The van der Waals surface area contributed by atoms with Crippen LogP contribution in [0.2, 0.25) is 0 Å². The van der Waals surface area contributed by atoms with E-state index in [4.69, 9.17) is 14.6 Å². The molecule has 4 rings (SSSR count). The number of carbonyl (C=O) groups excluding carboxylic acids is 1. The molecule has 1 amide bonds. The minimum atomic E-state index is -1.05. The van der Waals surface area contributed by atoms with Gasteiger partial charge in [-0.1, -0.05) is 6.07 Å². The summed E-state index contributed by atoms with van der Waals surface area (Å²) in [6.45, 7) is 1.89. The van der Waals surface area contributed by atoms with Crippen molar-refractivity contribution < 1.29 is 24.2 Å². The van der Waals surface area contributed by atoms with Crippen LogP contribution in [0.25, 0.3) is 0 Å². The van der Waals surface area contributed by atoms with Gasteiger partial charge in [0.15, 0.2) is 17.2 Å². The van der Waals surface area contributed by atoms with Crippen LogP contribution in [-0.2, 0) is 24.3 Å². The number of aryl methyl sites for hydroxylation is 2. The molecule has 1 N–H and O–H groups in total. The maximum Gasteiger partial charge on any atom is 0.356 e. The number of aromatic nitrogens is 2. The van der Waals surface area contributed by atoms with Gasteiger partial charge in [-0.05, 0) is 36.6 Å². The summed E-state index contributed by atoms with van der Waals surface area (Å²) in [5, 5.41) is 13.2. The predicted molar refractivity (Wildman–Crippen MR) is 90.1 cm³/mol. The number of hydrogen-bond acceptors (Lipinski definition) is 5. The molecule has 2 aliphatic heterocycles. The Morgan fingerprint density at radius 2 is 2.00 bits per heavy atom. The van der Waals surface area contributed by atoms with Crippen LogP contribution in [0, 0.1) is 0 Å². The van der Waals surface area contributed by atoms with Crippen molar-refractivity contribution in [3.63, 3.8) is 0 Å². The fraction of sp³-hybridized carbons (Fsp3) is 0.389. The summed E-state index contributed by atoms with van der Waals surface area (Å²) in [6.07, 6.45) is 1.76. The number of carboxylic acids is 1. The zero-order chi connectivity index (χ0) is 18.1. The summed E-state index contributed by atoms with van der Waals surface area (Å²) in [5.41, 5.74) is 1.81. The Balaban J connectivity index is 1.40. The van der Waals surface area contributed by atoms with Crippen LogP contribution in [-0.4, -0.2) is 45.0 Å². The molecule has 0 radical (unpaired) electrons. The topological polar surface area (TPSA) is 93.9 Å². The van der Waals surface area contributed by atoms with Crippen LogP contribution in [0.4, 0.5) is 0 Å². The molecule has 0 unspecified atom stereocenters. The molecule has 2 aromatic rings. The second-order valence-electron chi connectivity index (χ2n) is 6.41. The zero-order valence-corrected chi connectivity index (χ0v) is 14.2. The molecule has 0 saturated heterocycles. The molecule has 26 heavy (non-hydrogen) atoms. The van der Waals surface area contributed by atoms with E-state index in [1.807, 2.05) is 18.2 Å². The summed E-state index contributed by atoms with van der Waals surface area (Å²) >= 11 is 0. The van der Waals surface area contributed by atoms with E-state index < -0.39 is 5.97 Å². The van der Waals surface area contributed by atoms with Gasteiger partial charge >= 0.3 is 5.97 Å². The fourth-order valence-corrected chi connectivity index (χ4v) is 3.29. The highest BCUT2D eigenvalue weighted by molar-refractivity contribution is 5.85. The van der Waals surface area contributed by atoms with Gasteiger partial charge in [-0.2, -0.15) is 5.10 Å². The van der Waals surface area contributed by atoms with Crippen molar-refractivity contribution in [2.75, 3.05) is 13.3 Å². The first-order chi connectivity index (χ1) is 12.6. The molecule has 0 atom stereocenters. The number of aromatic carboxylic acids is 1. The molecular weight excluding hydrogens is 338 g/mol. The molecule has 2 aliphatic rings. The third kappa shape index (κ3) is 3.22. The lowest BCUT2D eigenvalue weighted by atomic mass is 10.1. The molecule has 3 heterocycles. The Hall–Kier alpha value is -3.03. The summed E-state index contributed by atoms with van der Waals surface area (Å²) in [6, 6.07) is 7.26. The third-order valence-corrected chi connectivity index (χ3v) is 4.65. The van der Waals surface area contributed by atoms with Crippen molar-refractivity contribution in [1.82, 2.24) is 14.7 Å². The van der Waals surface area contributed by atoms with Gasteiger partial charge in [0.2, 0.25) is 12.7 Å². The normalized spacial score (nSPS) is 15.5. The molecule has 0 bridgehead atoms. The number of benzene rings is 1. The van der Waals surface area contributed by atoms with Gasteiger partial charge in [0, 0.05) is 19.5 Å². The molecule has 1 aromatic carbocycles. The van der Waals surface area contributed by atoms with Crippen LogP contribution in [0.5, 0.6) is 11.5 Å². The van der Waals surface area contributed by atoms with Crippen LogP contribution in [0.1, 0.15) is 34.6 Å². The van der Waals surface area contributed by atoms with Crippen LogP contribution < -0.4 is 9.47 Å². The quantitative estimate of drug-likeness (QED) is 0.895. The first-order valence-electron chi connectivity index (χ1n) is 8.56. The summed E-state index contributed by atoms with van der Waals surface area (Å²) in [7, 11) is 0. The monoisotopic (exact) mass is 357 g/mol. The Labute approximate surface area is 149 Å². The van der Waals surface area contributed by atoms with Gasteiger partial charge in [-0.15, -0.1) is 0 Å². The van der Waals surface area contributed by atoms with Crippen LogP contribution in [0.15, 0.2) is 24.3 Å². The first kappa shape index (κ1) is 16.4. The van der Waals surface area contributed by atoms with E-state index in [9.17, 15) is 9.59 Å². The lowest BCUT2D eigenvalue weighted by Gasteiger charge is -2.20. The number of fused-ring (bicyclic) bond motifs is 2. The average Bonchev–Trinajstić information content (AvgIpc) is 3.21. The molecule has 0 fully saturated rings. The van der Waals surface area contributed by atoms with Crippen molar-refractivity contribution in [2.45, 2.75) is 32.4 Å². The van der Waals surface area contributed by atoms with E-state index in [2.05, 4.69) is 5.10 Å². The lowest BCUT2D eigenvalue weighted by Crippen LogP contribution is -2.30. The van der Waals surface area contributed by atoms with Crippen molar-refractivity contribution in [2.24, 2.45) is 0 Å². The van der Waals surface area contributed by atoms with Crippen LogP contribution in [0.3, 0.4) is 0 Å². The maximum atomic E-state index is 12.6. The van der Waals surface area contributed by atoms with Crippen molar-refractivity contribution in [3.8, 4) is 11.5 Å². The summed E-state index contributed by atoms with van der Waals surface area (Å²) in [4.78, 5) is 25.5. The SMILES string of the molecule is O=C(O)c1cc2n(n1)CCCN(C(=O)CCc1ccc3c(c1)OCO3)C2. The van der Waals surface area contributed by atoms with Gasteiger partial charge in [-0.3, -0.25) is 9.48 Å². The molecule has 0 aliphatic carbocycles. The molecule has 136 valence electrons. The first-order valence-corrected chi connectivity index (χ1v) is 8.56. The smallest absolute Gasteiger partial charge is 0.356 e. The van der Waals surface area contributed by atoms with E-state index in [-0.39, 0.29) is 18.4 Å². The summed E-state index contributed by atoms with van der Waals surface area (Å²) < 4.78 is 12.3. The van der Waals surface area contributed by atoms with Crippen molar-refractivity contribution in [1.29, 1.82) is 0 Å². The highest BCUT2D eigenvalue weighted by atomic mass is 16.7. The van der Waals surface area contributed by atoms with Gasteiger partial charge in [0.25, 0.3) is 0 Å². The van der Waals surface area contributed by atoms with Crippen molar-refractivity contribution in [3.05, 3.63) is 41.2 Å². The van der Waals surface area contributed by atoms with E-state index in [1.165, 1.54) is 0 Å². The van der Waals surface area contributed by atoms with Crippen LogP contribution >= 0.6 is 0 Å². The highest BCUT2D eigenvalue weighted by Gasteiger charge is 2.22. The Kier molecular flexibility index (Phi) is 4.24. The molecule has 0 saturated carbocycles. The van der Waals surface area contributed by atoms with E-state index in [1.54, 1.807) is 15.6 Å². The number of ether oxygens (including phenoxy) is 2. The highest BCUT2D eigenvalue weighted by Crippen LogP contribution is 2.32. The third-order valence-electron chi connectivity index (χ3n) is 4.65. The van der Waals surface area contributed by atoms with E-state index >= 15 is 0 Å². The average molecular weight is 357 g/mol. The number of amides is 1. The predicted octanol–water partition coefficient (Wildman–Crippen LogP) is 1.68. The minimum absolute atomic E-state index is 0.0228. The Morgan fingerprint density at radius 1 is 1.15 bits per heavy atom. The number of carboxylic acid groups (broad SMARTS) is 1. The van der Waals surface area contributed by atoms with E-state index in [0.29, 0.717) is 32.5 Å². The fourth-order valence-electron chi connectivity index (χ4n) is 3.29. The number of hydrogen-bond donors (Lipinski definition) is 1. The number of carbonyl (C=O) groups is 2. The molecule has 0 spiro atoms. The standard InChI is InChI=1S/C18H19N3O5/c22-17(5-3-12-2-4-15-16(8-12)26-11-25-15)20-6-1-7-21-13(10-20)9-14(19-21)18(23)24/h2,4,8-9H,1,3,5-7,10-11H2,(H,23,24). The lowest BCUT2D eigenvalue weighted by molar-refractivity contribution is -0.131. The molecule has 8 nitrogen and oxygen atoms in total. The molecular formula is C18H19N3O5. The largest absolute Gasteiger partial charge is 0.476 e. The van der Waals surface area contributed by atoms with Gasteiger partial charge in [0.05, 0.1) is 12.2 Å².